The van der Waals surface area contributed by atoms with Crippen LogP contribution in [0.1, 0.15) is 17.2 Å². The number of aromatic nitrogens is 5. The highest BCUT2D eigenvalue weighted by Gasteiger charge is 2.18. The summed E-state index contributed by atoms with van der Waals surface area (Å²) in [6.45, 7) is 1.85. The third-order valence-electron chi connectivity index (χ3n) is 4.39. The first-order valence-corrected chi connectivity index (χ1v) is 8.39. The Morgan fingerprint density at radius 2 is 2.00 bits per heavy atom. The molecule has 0 bridgehead atoms. The number of benzene rings is 1. The van der Waals surface area contributed by atoms with E-state index in [2.05, 4.69) is 21.5 Å². The summed E-state index contributed by atoms with van der Waals surface area (Å²) in [7, 11) is 0. The molecule has 0 radical (unpaired) electrons. The molecule has 7 nitrogen and oxygen atoms in total. The van der Waals surface area contributed by atoms with Gasteiger partial charge in [0.25, 0.3) is 0 Å². The summed E-state index contributed by atoms with van der Waals surface area (Å²) in [5.41, 5.74) is 3.87. The monoisotopic (exact) mass is 345 g/mol. The van der Waals surface area contributed by atoms with Gasteiger partial charge in [0.1, 0.15) is 17.2 Å². The lowest BCUT2D eigenvalue weighted by atomic mass is 10.1. The fraction of sp³-hybridized carbons (Fsp3) is 0.158. The normalized spacial score (nSPS) is 11.6. The number of aryl methyl sites for hydroxylation is 3. The first-order valence-electron chi connectivity index (χ1n) is 8.39. The van der Waals surface area contributed by atoms with Crippen molar-refractivity contribution in [1.29, 1.82) is 0 Å². The van der Waals surface area contributed by atoms with Crippen LogP contribution in [0.25, 0.3) is 27.9 Å². The lowest BCUT2D eigenvalue weighted by Crippen LogP contribution is -2.01. The minimum absolute atomic E-state index is 0.617. The van der Waals surface area contributed by atoms with Crippen LogP contribution in [-0.2, 0) is 12.8 Å². The molecule has 7 heteroatoms. The molecule has 5 aromatic rings. The van der Waals surface area contributed by atoms with Crippen molar-refractivity contribution in [3.8, 4) is 11.4 Å². The Bertz CT molecular complexity index is 1200. The van der Waals surface area contributed by atoms with Crippen molar-refractivity contribution in [2.75, 3.05) is 0 Å². The van der Waals surface area contributed by atoms with Gasteiger partial charge in [-0.15, -0.1) is 5.10 Å². The molecule has 0 fully saturated rings. The van der Waals surface area contributed by atoms with E-state index in [0.29, 0.717) is 17.0 Å². The van der Waals surface area contributed by atoms with Crippen LogP contribution in [0.4, 0.5) is 0 Å². The quantitative estimate of drug-likeness (QED) is 0.495. The van der Waals surface area contributed by atoms with Crippen LogP contribution in [0.5, 0.6) is 0 Å². The number of para-hydroxylation sites is 1. The molecule has 0 saturated carbocycles. The number of nitrogens with zero attached hydrogens (tertiary/aromatic N) is 5. The average molecular weight is 345 g/mol. The first kappa shape index (κ1) is 14.8. The number of furan rings is 1. The molecule has 0 N–H and O–H groups in total. The molecule has 0 aliphatic carbocycles. The molecular formula is C19H15N5O2. The maximum absolute atomic E-state index is 5.46. The Balaban J connectivity index is 1.69. The fourth-order valence-corrected chi connectivity index (χ4v) is 3.16. The van der Waals surface area contributed by atoms with Crippen LogP contribution < -0.4 is 0 Å². The maximum Gasteiger partial charge on any atom is 0.186 e. The molecule has 0 aliphatic heterocycles. The highest BCUT2D eigenvalue weighted by Crippen LogP contribution is 2.26. The Labute approximate surface area is 148 Å². The second-order valence-electron chi connectivity index (χ2n) is 6.15. The van der Waals surface area contributed by atoms with Gasteiger partial charge >= 0.3 is 0 Å². The van der Waals surface area contributed by atoms with Gasteiger partial charge in [0, 0.05) is 17.9 Å². The summed E-state index contributed by atoms with van der Waals surface area (Å²) in [4.78, 5) is 4.86. The van der Waals surface area contributed by atoms with Crippen LogP contribution >= 0.6 is 0 Å². The fourth-order valence-electron chi connectivity index (χ4n) is 3.16. The molecule has 5 rings (SSSR count). The van der Waals surface area contributed by atoms with Gasteiger partial charge in [0.15, 0.2) is 11.3 Å². The molecule has 0 saturated heterocycles. The molecule has 4 aromatic heterocycles. The third kappa shape index (κ3) is 2.36. The smallest absolute Gasteiger partial charge is 0.186 e. The number of hydrogen-bond acceptors (Lipinski definition) is 6. The molecule has 1 aromatic carbocycles. The van der Waals surface area contributed by atoms with E-state index in [-0.39, 0.29) is 0 Å². The molecule has 0 atom stereocenters. The zero-order valence-electron chi connectivity index (χ0n) is 14.1. The Morgan fingerprint density at radius 1 is 1.08 bits per heavy atom. The number of hydrogen-bond donors (Lipinski definition) is 0. The highest BCUT2D eigenvalue weighted by molar-refractivity contribution is 5.86. The molecule has 0 aliphatic rings. The van der Waals surface area contributed by atoms with E-state index in [1.54, 1.807) is 10.8 Å². The summed E-state index contributed by atoms with van der Waals surface area (Å²) in [6, 6.07) is 13.8. The van der Waals surface area contributed by atoms with Crippen molar-refractivity contribution in [2.45, 2.75) is 19.8 Å². The summed E-state index contributed by atoms with van der Waals surface area (Å²) < 4.78 is 12.4. The molecule has 128 valence electrons. The van der Waals surface area contributed by atoms with E-state index in [4.69, 9.17) is 13.9 Å². The van der Waals surface area contributed by atoms with Crippen molar-refractivity contribution in [3.05, 3.63) is 65.9 Å². The van der Waals surface area contributed by atoms with Crippen LogP contribution in [0, 0.1) is 6.92 Å². The molecule has 0 unspecified atom stereocenters. The van der Waals surface area contributed by atoms with Gasteiger partial charge in [-0.3, -0.25) is 0 Å². The van der Waals surface area contributed by atoms with Gasteiger partial charge in [0.2, 0.25) is 0 Å². The van der Waals surface area contributed by atoms with Gasteiger partial charge in [-0.1, -0.05) is 28.6 Å². The second-order valence-corrected chi connectivity index (χ2v) is 6.15. The van der Waals surface area contributed by atoms with E-state index in [9.17, 15) is 0 Å². The van der Waals surface area contributed by atoms with E-state index in [1.807, 2.05) is 43.3 Å². The zero-order chi connectivity index (χ0) is 17.5. The number of rotatable bonds is 4. The Kier molecular flexibility index (Phi) is 3.31. The Hall–Kier alpha value is -3.48. The summed E-state index contributed by atoms with van der Waals surface area (Å²) in [5, 5.41) is 13.7. The summed E-state index contributed by atoms with van der Waals surface area (Å²) >= 11 is 0. The minimum Gasteiger partial charge on any atom is -0.469 e. The minimum atomic E-state index is 0.617. The molecule has 26 heavy (non-hydrogen) atoms. The maximum atomic E-state index is 5.46. The van der Waals surface area contributed by atoms with Gasteiger partial charge < -0.3 is 8.94 Å². The predicted molar refractivity (Wildman–Crippen MR) is 94.6 cm³/mol. The highest BCUT2D eigenvalue weighted by atomic mass is 16.5. The topological polar surface area (TPSA) is 82.2 Å². The third-order valence-corrected chi connectivity index (χ3v) is 4.39. The number of fused-ring (bicyclic) bond motifs is 3. The van der Waals surface area contributed by atoms with Gasteiger partial charge in [0.05, 0.1) is 17.5 Å². The van der Waals surface area contributed by atoms with Gasteiger partial charge in [-0.05, 0) is 31.5 Å². The van der Waals surface area contributed by atoms with Crippen molar-refractivity contribution in [1.82, 2.24) is 25.0 Å². The van der Waals surface area contributed by atoms with E-state index < -0.39 is 0 Å². The zero-order valence-corrected chi connectivity index (χ0v) is 14.1. The molecule has 4 heterocycles. The average Bonchev–Trinajstić information content (AvgIpc) is 3.40. The SMILES string of the molecule is Cc1cc(-c2nnn3c2nc(CCc2ccco2)c2ccccc23)no1. The van der Waals surface area contributed by atoms with Crippen LogP contribution in [0.15, 0.2) is 57.7 Å². The first-order chi connectivity index (χ1) is 12.8. The van der Waals surface area contributed by atoms with Crippen LogP contribution in [0.2, 0.25) is 0 Å². The van der Waals surface area contributed by atoms with Crippen molar-refractivity contribution in [3.63, 3.8) is 0 Å². The molecular weight excluding hydrogens is 330 g/mol. The van der Waals surface area contributed by atoms with Crippen molar-refractivity contribution < 1.29 is 8.94 Å². The van der Waals surface area contributed by atoms with E-state index in [0.717, 1.165) is 41.0 Å². The summed E-state index contributed by atoms with van der Waals surface area (Å²) in [5.74, 6) is 1.66. The van der Waals surface area contributed by atoms with Gasteiger partial charge in [-0.25, -0.2) is 4.98 Å². The largest absolute Gasteiger partial charge is 0.469 e. The predicted octanol–water partition coefficient (Wildman–Crippen LogP) is 3.62. The molecule has 0 spiro atoms. The van der Waals surface area contributed by atoms with E-state index >= 15 is 0 Å². The van der Waals surface area contributed by atoms with Crippen molar-refractivity contribution >= 4 is 16.6 Å². The van der Waals surface area contributed by atoms with Crippen molar-refractivity contribution in [2.24, 2.45) is 0 Å². The van der Waals surface area contributed by atoms with Gasteiger partial charge in [-0.2, -0.15) is 4.52 Å². The van der Waals surface area contributed by atoms with Crippen LogP contribution in [-0.4, -0.2) is 25.0 Å². The standard InChI is InChI=1S/C19H15N5O2/c1-12-11-16(22-26-12)18-19-20-15(9-8-13-5-4-10-25-13)14-6-2-3-7-17(14)24(19)23-21-18/h2-7,10-11H,8-9H2,1H3. The lowest BCUT2D eigenvalue weighted by molar-refractivity contribution is 0.399. The van der Waals surface area contributed by atoms with Crippen LogP contribution in [0.3, 0.4) is 0 Å². The van der Waals surface area contributed by atoms with E-state index in [1.165, 1.54) is 0 Å². The second kappa shape index (κ2) is 5.80. The lowest BCUT2D eigenvalue weighted by Gasteiger charge is -2.07. The summed E-state index contributed by atoms with van der Waals surface area (Å²) in [6.07, 6.45) is 3.23. The Morgan fingerprint density at radius 3 is 2.81 bits per heavy atom. The molecule has 0 amide bonds.